The van der Waals surface area contributed by atoms with E-state index in [1.807, 2.05) is 0 Å². The summed E-state index contributed by atoms with van der Waals surface area (Å²) in [5.41, 5.74) is 0. The van der Waals surface area contributed by atoms with Crippen molar-refractivity contribution in [1.82, 2.24) is 0 Å². The third-order valence-corrected chi connectivity index (χ3v) is 10.6. The molecule has 0 aromatic heterocycles. The monoisotopic (exact) mass is 384 g/mol. The number of carbonyl (C=O) groups excluding carboxylic acids is 1. The predicted octanol–water partition coefficient (Wildman–Crippen LogP) is 3.20. The van der Waals surface area contributed by atoms with Crippen LogP contribution < -0.4 is 0 Å². The van der Waals surface area contributed by atoms with Crippen LogP contribution in [-0.4, -0.2) is 32.8 Å². The molecule has 0 saturated carbocycles. The Morgan fingerprint density at radius 1 is 1.46 bits per heavy atom. The zero-order valence-electron chi connectivity index (χ0n) is 7.10. The molecule has 80 valence electrons. The van der Waals surface area contributed by atoms with E-state index in [9.17, 15) is 4.79 Å². The summed E-state index contributed by atoms with van der Waals surface area (Å²) in [6.45, 7) is 3.04. The van der Waals surface area contributed by atoms with Crippen molar-refractivity contribution in [3.8, 4) is 0 Å². The number of rotatable bonds is 4. The van der Waals surface area contributed by atoms with Crippen LogP contribution in [0.4, 0.5) is 0 Å². The Bertz CT molecular complexity index is 182. The predicted molar refractivity (Wildman–Crippen MR) is 59.0 cm³/mol. The molecular formula is C6H10Cl4O2Te. The molecule has 0 spiro atoms. The van der Waals surface area contributed by atoms with Gasteiger partial charge in [-0.2, -0.15) is 0 Å². The number of alkyl halides is 1. The molecule has 0 amide bonds. The second-order valence-electron chi connectivity index (χ2n) is 2.45. The third kappa shape index (κ3) is 5.77. The SMILES string of the molecule is CC(=O)O[C@H](CCl)[C@H](C)[Te](Cl)(Cl)Cl. The van der Waals surface area contributed by atoms with Gasteiger partial charge in [-0.1, -0.05) is 0 Å². The molecule has 0 aliphatic heterocycles. The number of ether oxygens (including phenoxy) is 1. The Balaban J connectivity index is 4.31. The van der Waals surface area contributed by atoms with E-state index in [0.717, 1.165) is 0 Å². The molecular weight excluding hydrogens is 373 g/mol. The van der Waals surface area contributed by atoms with Gasteiger partial charge < -0.3 is 0 Å². The molecule has 0 rings (SSSR count). The van der Waals surface area contributed by atoms with Gasteiger partial charge in [-0.15, -0.1) is 0 Å². The number of carbonyl (C=O) groups is 1. The second kappa shape index (κ2) is 6.10. The van der Waals surface area contributed by atoms with E-state index in [1.165, 1.54) is 6.92 Å². The van der Waals surface area contributed by atoms with Gasteiger partial charge in [0.1, 0.15) is 0 Å². The van der Waals surface area contributed by atoms with Crippen molar-refractivity contribution in [3.05, 3.63) is 0 Å². The number of hydrogen-bond donors (Lipinski definition) is 0. The Hall–Kier alpha value is 1.42. The summed E-state index contributed by atoms with van der Waals surface area (Å²) >= 11 is 2.23. The molecule has 0 aromatic carbocycles. The first-order chi connectivity index (χ1) is 5.79. The Morgan fingerprint density at radius 3 is 2.15 bits per heavy atom. The summed E-state index contributed by atoms with van der Waals surface area (Å²) in [7, 11) is 17.4. The minimum absolute atomic E-state index is 0.153. The molecule has 0 radical (unpaired) electrons. The van der Waals surface area contributed by atoms with Crippen molar-refractivity contribution in [2.75, 3.05) is 5.88 Å². The van der Waals surface area contributed by atoms with Crippen LogP contribution >= 0.6 is 38.5 Å². The number of hydrogen-bond acceptors (Lipinski definition) is 2. The van der Waals surface area contributed by atoms with Crippen molar-refractivity contribution < 1.29 is 9.53 Å². The van der Waals surface area contributed by atoms with E-state index in [1.54, 1.807) is 6.92 Å². The van der Waals surface area contributed by atoms with Gasteiger partial charge in [0.25, 0.3) is 0 Å². The van der Waals surface area contributed by atoms with Crippen LogP contribution in [0.1, 0.15) is 13.8 Å². The quantitative estimate of drug-likeness (QED) is 0.423. The van der Waals surface area contributed by atoms with Gasteiger partial charge in [0.2, 0.25) is 0 Å². The molecule has 0 fully saturated rings. The average Bonchev–Trinajstić information content (AvgIpc) is 1.96. The number of halogens is 4. The molecule has 0 N–H and O–H groups in total. The molecule has 2 atom stereocenters. The summed E-state index contributed by atoms with van der Waals surface area (Å²) in [6.07, 6.45) is -0.493. The molecule has 0 heterocycles. The van der Waals surface area contributed by atoms with Gasteiger partial charge in [0, 0.05) is 0 Å². The molecule has 0 aromatic rings. The molecule has 0 aliphatic carbocycles. The molecule has 0 saturated heterocycles. The third-order valence-electron chi connectivity index (χ3n) is 1.41. The zero-order valence-corrected chi connectivity index (χ0v) is 12.5. The minimum atomic E-state index is -3.36. The summed E-state index contributed by atoms with van der Waals surface area (Å²) in [6, 6.07) is 0. The van der Waals surface area contributed by atoms with Crippen LogP contribution in [0.15, 0.2) is 0 Å². The van der Waals surface area contributed by atoms with Gasteiger partial charge in [-0.25, -0.2) is 0 Å². The maximum atomic E-state index is 10.7. The van der Waals surface area contributed by atoms with Crippen LogP contribution in [0.2, 0.25) is 3.97 Å². The van der Waals surface area contributed by atoms with Crippen LogP contribution in [0.25, 0.3) is 0 Å². The fourth-order valence-electron chi connectivity index (χ4n) is 0.638. The Labute approximate surface area is 97.8 Å². The molecule has 0 bridgehead atoms. The standard InChI is InChI=1S/C6H10Cl4O2Te/c1-4(13(8,9)10)6(3-7)12-5(2)11/h4,6H,3H2,1-2H3/t4-,6+/m0/s1. The first-order valence-corrected chi connectivity index (χ1v) is 14.2. The second-order valence-corrected chi connectivity index (χ2v) is 20.4. The first kappa shape index (κ1) is 14.4. The topological polar surface area (TPSA) is 26.3 Å². The molecule has 0 unspecified atom stereocenters. The Kier molecular flexibility index (Phi) is 6.77. The summed E-state index contributed by atoms with van der Waals surface area (Å²) < 4.78 is 4.66. The van der Waals surface area contributed by atoms with Gasteiger partial charge >= 0.3 is 98.6 Å². The fourth-order valence-corrected chi connectivity index (χ4v) is 5.02. The van der Waals surface area contributed by atoms with Crippen LogP contribution in [0.5, 0.6) is 0 Å². The van der Waals surface area contributed by atoms with Crippen molar-refractivity contribution >= 4 is 59.3 Å². The van der Waals surface area contributed by atoms with Crippen LogP contribution in [0.3, 0.4) is 0 Å². The summed E-state index contributed by atoms with van der Waals surface area (Å²) in [4.78, 5) is 10.7. The first-order valence-electron chi connectivity index (χ1n) is 3.43. The van der Waals surface area contributed by atoms with Crippen molar-refractivity contribution in [3.63, 3.8) is 0 Å². The van der Waals surface area contributed by atoms with Crippen molar-refractivity contribution in [1.29, 1.82) is 0 Å². The summed E-state index contributed by atoms with van der Waals surface area (Å²) in [5, 5.41) is 0. The van der Waals surface area contributed by atoms with Crippen LogP contribution in [-0.2, 0) is 9.53 Å². The van der Waals surface area contributed by atoms with E-state index in [-0.39, 0.29) is 9.85 Å². The Morgan fingerprint density at radius 2 is 1.92 bits per heavy atom. The molecule has 0 aliphatic rings. The van der Waals surface area contributed by atoms with Gasteiger partial charge in [0.05, 0.1) is 0 Å². The molecule has 7 heteroatoms. The van der Waals surface area contributed by atoms with E-state index in [4.69, 9.17) is 43.2 Å². The van der Waals surface area contributed by atoms with Gasteiger partial charge in [-0.05, 0) is 0 Å². The normalized spacial score (nSPS) is 17.7. The molecule has 2 nitrogen and oxygen atoms in total. The molecule has 13 heavy (non-hydrogen) atoms. The van der Waals surface area contributed by atoms with E-state index >= 15 is 0 Å². The van der Waals surface area contributed by atoms with Crippen LogP contribution in [0, 0.1) is 0 Å². The van der Waals surface area contributed by atoms with Crippen molar-refractivity contribution in [2.24, 2.45) is 0 Å². The van der Waals surface area contributed by atoms with Gasteiger partial charge in [0.15, 0.2) is 0 Å². The summed E-state index contributed by atoms with van der Waals surface area (Å²) in [5.74, 6) is -0.254. The fraction of sp³-hybridized carbons (Fsp3) is 0.833. The number of esters is 1. The van der Waals surface area contributed by atoms with E-state index in [0.29, 0.717) is 0 Å². The maximum absolute atomic E-state index is 10.7. The van der Waals surface area contributed by atoms with E-state index in [2.05, 4.69) is 0 Å². The average molecular weight is 384 g/mol. The van der Waals surface area contributed by atoms with E-state index < -0.39 is 26.9 Å². The van der Waals surface area contributed by atoms with Gasteiger partial charge in [-0.3, -0.25) is 0 Å². The van der Waals surface area contributed by atoms with Crippen molar-refractivity contribution in [2.45, 2.75) is 23.9 Å². The zero-order chi connectivity index (χ0) is 10.6.